The largest absolute Gasteiger partial charge is 0.352 e. The molecule has 0 saturated carbocycles. The third kappa shape index (κ3) is 6.00. The summed E-state index contributed by atoms with van der Waals surface area (Å²) in [4.78, 5) is 33.9. The number of para-hydroxylation sites is 1. The third-order valence-corrected chi connectivity index (χ3v) is 5.29. The van der Waals surface area contributed by atoms with Gasteiger partial charge in [0.15, 0.2) is 0 Å². The molecule has 0 bridgehead atoms. The van der Waals surface area contributed by atoms with E-state index >= 15 is 0 Å². The lowest BCUT2D eigenvalue weighted by Gasteiger charge is -2.18. The summed E-state index contributed by atoms with van der Waals surface area (Å²) in [7, 11) is 0. The van der Waals surface area contributed by atoms with Crippen LogP contribution in [0.5, 0.6) is 0 Å². The zero-order chi connectivity index (χ0) is 21.3. The van der Waals surface area contributed by atoms with Gasteiger partial charge in [-0.25, -0.2) is 4.98 Å². The fourth-order valence-corrected chi connectivity index (χ4v) is 3.43. The van der Waals surface area contributed by atoms with Crippen LogP contribution in [0.3, 0.4) is 0 Å². The number of nitrogens with one attached hydrogen (secondary N) is 2. The zero-order valence-corrected chi connectivity index (χ0v) is 17.8. The number of rotatable bonds is 10. The first-order valence-electron chi connectivity index (χ1n) is 10.6. The molecule has 2 N–H and O–H groups in total. The molecule has 2 aromatic carbocycles. The molecule has 0 radical (unpaired) electrons. The van der Waals surface area contributed by atoms with E-state index in [0.717, 1.165) is 25.2 Å². The van der Waals surface area contributed by atoms with E-state index in [4.69, 9.17) is 0 Å². The van der Waals surface area contributed by atoms with Crippen LogP contribution in [-0.4, -0.2) is 33.9 Å². The Morgan fingerprint density at radius 3 is 2.47 bits per heavy atom. The molecular formula is C24H30N4O2. The first kappa shape index (κ1) is 21.7. The molecule has 1 amide bonds. The lowest BCUT2D eigenvalue weighted by atomic mass is 10.1. The van der Waals surface area contributed by atoms with Crippen molar-refractivity contribution in [2.75, 3.05) is 13.1 Å². The van der Waals surface area contributed by atoms with Crippen molar-refractivity contribution in [2.45, 2.75) is 46.2 Å². The second-order valence-corrected chi connectivity index (χ2v) is 7.44. The summed E-state index contributed by atoms with van der Waals surface area (Å²) in [5, 5.41) is 3.55. The van der Waals surface area contributed by atoms with Crippen LogP contribution >= 0.6 is 0 Å². The summed E-state index contributed by atoms with van der Waals surface area (Å²) in [6.07, 6.45) is 1.60. The predicted octanol–water partition coefficient (Wildman–Crippen LogP) is 3.40. The maximum atomic E-state index is 12.2. The SMILES string of the molecule is CCN(CC)Cc1ccc(CNC(=O)CCCc2nc3ccccc3c(=O)[nH]2)cc1. The van der Waals surface area contributed by atoms with Gasteiger partial charge >= 0.3 is 0 Å². The summed E-state index contributed by atoms with van der Waals surface area (Å²) in [5.41, 5.74) is 2.92. The summed E-state index contributed by atoms with van der Waals surface area (Å²) < 4.78 is 0. The first-order valence-corrected chi connectivity index (χ1v) is 10.6. The van der Waals surface area contributed by atoms with Gasteiger partial charge in [0.05, 0.1) is 10.9 Å². The van der Waals surface area contributed by atoms with E-state index < -0.39 is 0 Å². The predicted molar refractivity (Wildman–Crippen MR) is 120 cm³/mol. The van der Waals surface area contributed by atoms with Crippen LogP contribution in [0, 0.1) is 0 Å². The average Bonchev–Trinajstić information content (AvgIpc) is 2.77. The van der Waals surface area contributed by atoms with Gasteiger partial charge in [0.25, 0.3) is 5.56 Å². The topological polar surface area (TPSA) is 78.1 Å². The Morgan fingerprint density at radius 2 is 1.73 bits per heavy atom. The van der Waals surface area contributed by atoms with Gasteiger partial charge in [0, 0.05) is 25.9 Å². The molecule has 6 heteroatoms. The van der Waals surface area contributed by atoms with Crippen molar-refractivity contribution in [1.29, 1.82) is 0 Å². The monoisotopic (exact) mass is 406 g/mol. The number of H-pyrrole nitrogens is 1. The van der Waals surface area contributed by atoms with Crippen LogP contribution in [0.25, 0.3) is 10.9 Å². The van der Waals surface area contributed by atoms with Crippen molar-refractivity contribution in [1.82, 2.24) is 20.2 Å². The zero-order valence-electron chi connectivity index (χ0n) is 17.8. The van der Waals surface area contributed by atoms with Crippen LogP contribution in [0.4, 0.5) is 0 Å². The number of nitrogens with zero attached hydrogens (tertiary/aromatic N) is 2. The number of hydrogen-bond acceptors (Lipinski definition) is 4. The van der Waals surface area contributed by atoms with Gasteiger partial charge in [-0.3, -0.25) is 14.5 Å². The van der Waals surface area contributed by atoms with E-state index in [2.05, 4.69) is 58.3 Å². The standard InChI is InChI=1S/C24H30N4O2/c1-3-28(4-2)17-19-14-12-18(13-15-19)16-25-23(29)11-7-10-22-26-21-9-6-5-8-20(21)24(30)27-22/h5-6,8-9,12-15H,3-4,7,10-11,16-17H2,1-2H3,(H,25,29)(H,26,27,30). The number of aryl methyl sites for hydroxylation is 1. The number of carbonyl (C=O) groups excluding carboxylic acids is 1. The van der Waals surface area contributed by atoms with Crippen LogP contribution in [-0.2, 0) is 24.3 Å². The molecule has 0 aliphatic carbocycles. The smallest absolute Gasteiger partial charge is 0.258 e. The number of amides is 1. The quantitative estimate of drug-likeness (QED) is 0.541. The van der Waals surface area contributed by atoms with Gasteiger partial charge in [0.1, 0.15) is 5.82 Å². The molecule has 1 heterocycles. The van der Waals surface area contributed by atoms with Crippen molar-refractivity contribution in [3.05, 3.63) is 75.8 Å². The van der Waals surface area contributed by atoms with Gasteiger partial charge < -0.3 is 10.3 Å². The molecule has 1 aromatic heterocycles. The Morgan fingerprint density at radius 1 is 1.03 bits per heavy atom. The highest BCUT2D eigenvalue weighted by atomic mass is 16.1. The highest BCUT2D eigenvalue weighted by Crippen LogP contribution is 2.09. The average molecular weight is 407 g/mol. The number of aromatic nitrogens is 2. The second kappa shape index (κ2) is 10.7. The van der Waals surface area contributed by atoms with Gasteiger partial charge in [-0.05, 0) is 42.8 Å². The minimum atomic E-state index is -0.135. The molecule has 0 saturated heterocycles. The van der Waals surface area contributed by atoms with Gasteiger partial charge in [-0.15, -0.1) is 0 Å². The minimum Gasteiger partial charge on any atom is -0.352 e. The summed E-state index contributed by atoms with van der Waals surface area (Å²) in [6.45, 7) is 7.88. The summed E-state index contributed by atoms with van der Waals surface area (Å²) >= 11 is 0. The van der Waals surface area contributed by atoms with Gasteiger partial charge in [0.2, 0.25) is 5.91 Å². The molecule has 0 aliphatic heterocycles. The number of aromatic amines is 1. The minimum absolute atomic E-state index is 0.00496. The first-order chi connectivity index (χ1) is 14.6. The number of hydrogen-bond donors (Lipinski definition) is 2. The fourth-order valence-electron chi connectivity index (χ4n) is 3.43. The Labute approximate surface area is 177 Å². The van der Waals surface area contributed by atoms with E-state index in [-0.39, 0.29) is 11.5 Å². The molecule has 0 unspecified atom stereocenters. The molecule has 0 aliphatic rings. The van der Waals surface area contributed by atoms with Crippen LogP contribution in [0.2, 0.25) is 0 Å². The fraction of sp³-hybridized carbons (Fsp3) is 0.375. The molecule has 0 atom stereocenters. The van der Waals surface area contributed by atoms with E-state index in [0.29, 0.717) is 42.5 Å². The maximum Gasteiger partial charge on any atom is 0.258 e. The number of fused-ring (bicyclic) bond motifs is 1. The molecule has 3 rings (SSSR count). The molecule has 6 nitrogen and oxygen atoms in total. The van der Waals surface area contributed by atoms with Crippen LogP contribution < -0.4 is 10.9 Å². The summed E-state index contributed by atoms with van der Waals surface area (Å²) in [5.74, 6) is 0.626. The van der Waals surface area contributed by atoms with E-state index in [1.165, 1.54) is 5.56 Å². The van der Waals surface area contributed by atoms with Crippen molar-refractivity contribution >= 4 is 16.8 Å². The molecule has 3 aromatic rings. The van der Waals surface area contributed by atoms with Crippen molar-refractivity contribution in [3.63, 3.8) is 0 Å². The maximum absolute atomic E-state index is 12.2. The highest BCUT2D eigenvalue weighted by molar-refractivity contribution is 5.77. The molecule has 0 spiro atoms. The normalized spacial score (nSPS) is 11.2. The Kier molecular flexibility index (Phi) is 7.74. The lowest BCUT2D eigenvalue weighted by Crippen LogP contribution is -2.23. The number of benzene rings is 2. The van der Waals surface area contributed by atoms with Crippen LogP contribution in [0.15, 0.2) is 53.3 Å². The highest BCUT2D eigenvalue weighted by Gasteiger charge is 2.06. The van der Waals surface area contributed by atoms with Crippen LogP contribution in [0.1, 0.15) is 43.6 Å². The van der Waals surface area contributed by atoms with Crippen molar-refractivity contribution < 1.29 is 4.79 Å². The molecule has 0 fully saturated rings. The lowest BCUT2D eigenvalue weighted by molar-refractivity contribution is -0.121. The Balaban J connectivity index is 1.43. The van der Waals surface area contributed by atoms with Crippen molar-refractivity contribution in [2.24, 2.45) is 0 Å². The van der Waals surface area contributed by atoms with E-state index in [1.54, 1.807) is 6.07 Å². The van der Waals surface area contributed by atoms with E-state index in [1.807, 2.05) is 18.2 Å². The molecular weight excluding hydrogens is 376 g/mol. The van der Waals surface area contributed by atoms with Crippen molar-refractivity contribution in [3.8, 4) is 0 Å². The third-order valence-electron chi connectivity index (χ3n) is 5.29. The Hall–Kier alpha value is -2.99. The second-order valence-electron chi connectivity index (χ2n) is 7.44. The molecule has 158 valence electrons. The number of carbonyl (C=O) groups is 1. The summed E-state index contributed by atoms with van der Waals surface area (Å²) in [6, 6.07) is 15.7. The van der Waals surface area contributed by atoms with Gasteiger partial charge in [-0.1, -0.05) is 50.2 Å². The van der Waals surface area contributed by atoms with E-state index in [9.17, 15) is 9.59 Å². The van der Waals surface area contributed by atoms with Gasteiger partial charge in [-0.2, -0.15) is 0 Å². The molecule has 30 heavy (non-hydrogen) atoms. The Bertz CT molecular complexity index is 1020.